The minimum atomic E-state index is -0.356. The van der Waals surface area contributed by atoms with E-state index in [1.165, 1.54) is 0 Å². The van der Waals surface area contributed by atoms with Gasteiger partial charge in [-0.15, -0.1) is 0 Å². The van der Waals surface area contributed by atoms with E-state index in [1.807, 2.05) is 0 Å². The van der Waals surface area contributed by atoms with Crippen LogP contribution in [0.1, 0.15) is 18.2 Å². The standard InChI is InChI=1S/C10H12O3/c1-3-8(6-11)9-5-4-7(2)10(12)13-9/h3-5,11H,6H2,1-2H3/b8-3-. The van der Waals surface area contributed by atoms with Crippen molar-refractivity contribution in [3.05, 3.63) is 40.0 Å². The van der Waals surface area contributed by atoms with Gasteiger partial charge in [-0.2, -0.15) is 0 Å². The molecule has 0 aliphatic rings. The maximum atomic E-state index is 11.1. The van der Waals surface area contributed by atoms with Crippen molar-refractivity contribution in [2.75, 3.05) is 6.61 Å². The van der Waals surface area contributed by atoms with Crippen LogP contribution in [0.2, 0.25) is 0 Å². The summed E-state index contributed by atoms with van der Waals surface area (Å²) in [5.74, 6) is 0.431. The van der Waals surface area contributed by atoms with Gasteiger partial charge < -0.3 is 9.52 Å². The van der Waals surface area contributed by atoms with E-state index >= 15 is 0 Å². The molecule has 3 nitrogen and oxygen atoms in total. The zero-order chi connectivity index (χ0) is 9.84. The predicted molar refractivity (Wildman–Crippen MR) is 50.5 cm³/mol. The summed E-state index contributed by atoms with van der Waals surface area (Å²) in [6.07, 6.45) is 1.72. The molecule has 3 heteroatoms. The molecule has 0 saturated carbocycles. The van der Waals surface area contributed by atoms with Crippen LogP contribution >= 0.6 is 0 Å². The van der Waals surface area contributed by atoms with Crippen LogP contribution in [0, 0.1) is 6.92 Å². The molecule has 0 atom stereocenters. The maximum absolute atomic E-state index is 11.1. The monoisotopic (exact) mass is 180 g/mol. The van der Waals surface area contributed by atoms with Crippen molar-refractivity contribution >= 4 is 5.57 Å². The second kappa shape index (κ2) is 4.05. The zero-order valence-corrected chi connectivity index (χ0v) is 7.70. The van der Waals surface area contributed by atoms with Gasteiger partial charge in [-0.25, -0.2) is 4.79 Å². The fourth-order valence-corrected chi connectivity index (χ4v) is 0.967. The van der Waals surface area contributed by atoms with Crippen molar-refractivity contribution in [1.29, 1.82) is 0 Å². The van der Waals surface area contributed by atoms with Crippen molar-refractivity contribution < 1.29 is 9.52 Å². The molecule has 1 rings (SSSR count). The maximum Gasteiger partial charge on any atom is 0.339 e. The summed E-state index contributed by atoms with van der Waals surface area (Å²) in [5.41, 5.74) is 0.833. The van der Waals surface area contributed by atoms with E-state index in [-0.39, 0.29) is 12.2 Å². The molecule has 0 aromatic carbocycles. The highest BCUT2D eigenvalue weighted by molar-refractivity contribution is 5.61. The Morgan fingerprint density at radius 3 is 2.77 bits per heavy atom. The topological polar surface area (TPSA) is 50.4 Å². The first-order valence-corrected chi connectivity index (χ1v) is 4.06. The third-order valence-corrected chi connectivity index (χ3v) is 1.84. The van der Waals surface area contributed by atoms with Crippen LogP contribution in [-0.4, -0.2) is 11.7 Å². The summed E-state index contributed by atoms with van der Waals surface area (Å²) < 4.78 is 4.97. The molecule has 70 valence electrons. The van der Waals surface area contributed by atoms with Crippen molar-refractivity contribution in [1.82, 2.24) is 0 Å². The molecule has 0 aliphatic carbocycles. The normalized spacial score (nSPS) is 11.8. The Labute approximate surface area is 76.3 Å². The summed E-state index contributed by atoms with van der Waals surface area (Å²) in [7, 11) is 0. The Bertz CT molecular complexity index is 374. The van der Waals surface area contributed by atoms with Crippen LogP contribution in [0.15, 0.2) is 27.4 Å². The molecular formula is C10H12O3. The van der Waals surface area contributed by atoms with Gasteiger partial charge in [0.05, 0.1) is 6.61 Å². The Kier molecular flexibility index (Phi) is 3.03. The third kappa shape index (κ3) is 2.06. The van der Waals surface area contributed by atoms with E-state index in [4.69, 9.17) is 9.52 Å². The van der Waals surface area contributed by atoms with Crippen LogP contribution in [0.5, 0.6) is 0 Å². The van der Waals surface area contributed by atoms with Crippen LogP contribution in [0.4, 0.5) is 0 Å². The molecule has 0 saturated heterocycles. The van der Waals surface area contributed by atoms with Gasteiger partial charge in [0.2, 0.25) is 0 Å². The minimum Gasteiger partial charge on any atom is -0.423 e. The molecular weight excluding hydrogens is 168 g/mol. The molecule has 13 heavy (non-hydrogen) atoms. The molecule has 0 bridgehead atoms. The van der Waals surface area contributed by atoms with Crippen LogP contribution < -0.4 is 5.63 Å². The summed E-state index contributed by atoms with van der Waals surface area (Å²) in [4.78, 5) is 11.1. The van der Waals surface area contributed by atoms with E-state index in [0.717, 1.165) is 0 Å². The number of rotatable bonds is 2. The summed E-state index contributed by atoms with van der Waals surface area (Å²) in [5, 5.41) is 8.91. The van der Waals surface area contributed by atoms with Crippen LogP contribution in [0.3, 0.4) is 0 Å². The molecule has 1 aromatic rings. The van der Waals surface area contributed by atoms with Gasteiger partial charge in [-0.1, -0.05) is 6.08 Å². The number of hydrogen-bond acceptors (Lipinski definition) is 3. The quantitative estimate of drug-likeness (QED) is 0.747. The fourth-order valence-electron chi connectivity index (χ4n) is 0.967. The second-order valence-electron chi connectivity index (χ2n) is 2.74. The lowest BCUT2D eigenvalue weighted by atomic mass is 10.2. The van der Waals surface area contributed by atoms with E-state index < -0.39 is 0 Å². The molecule has 0 amide bonds. The van der Waals surface area contributed by atoms with Gasteiger partial charge in [-0.05, 0) is 26.0 Å². The lowest BCUT2D eigenvalue weighted by molar-refractivity contribution is 0.344. The first kappa shape index (κ1) is 9.74. The van der Waals surface area contributed by atoms with Gasteiger partial charge in [0.25, 0.3) is 0 Å². The number of aliphatic hydroxyl groups excluding tert-OH is 1. The first-order chi connectivity index (χ1) is 6.19. The SMILES string of the molecule is C/C=C(/CO)c1ccc(C)c(=O)o1. The Hall–Kier alpha value is -1.35. The summed E-state index contributed by atoms with van der Waals surface area (Å²) in [6.45, 7) is 3.35. The van der Waals surface area contributed by atoms with E-state index in [0.29, 0.717) is 16.9 Å². The molecule has 0 unspecified atom stereocenters. The zero-order valence-electron chi connectivity index (χ0n) is 7.70. The van der Waals surface area contributed by atoms with E-state index in [2.05, 4.69) is 0 Å². The van der Waals surface area contributed by atoms with E-state index in [1.54, 1.807) is 32.1 Å². The van der Waals surface area contributed by atoms with Crippen LogP contribution in [-0.2, 0) is 0 Å². The predicted octanol–water partition coefficient (Wildman–Crippen LogP) is 1.34. The Morgan fingerprint density at radius 2 is 2.31 bits per heavy atom. The molecule has 0 aliphatic heterocycles. The third-order valence-electron chi connectivity index (χ3n) is 1.84. The molecule has 0 fully saturated rings. The number of aliphatic hydroxyl groups is 1. The molecule has 1 heterocycles. The Balaban J connectivity index is 3.18. The second-order valence-corrected chi connectivity index (χ2v) is 2.74. The fraction of sp³-hybridized carbons (Fsp3) is 0.300. The highest BCUT2D eigenvalue weighted by Crippen LogP contribution is 2.11. The highest BCUT2D eigenvalue weighted by Gasteiger charge is 2.03. The van der Waals surface area contributed by atoms with Crippen molar-refractivity contribution in [3.8, 4) is 0 Å². The highest BCUT2D eigenvalue weighted by atomic mass is 16.4. The average molecular weight is 180 g/mol. The van der Waals surface area contributed by atoms with Gasteiger partial charge in [0.1, 0.15) is 5.76 Å². The van der Waals surface area contributed by atoms with Gasteiger partial charge >= 0.3 is 5.63 Å². The molecule has 1 N–H and O–H groups in total. The lowest BCUT2D eigenvalue weighted by Gasteiger charge is -2.01. The number of hydrogen-bond donors (Lipinski definition) is 1. The number of aryl methyl sites for hydroxylation is 1. The lowest BCUT2D eigenvalue weighted by Crippen LogP contribution is -2.04. The van der Waals surface area contributed by atoms with Gasteiger partial charge in [-0.3, -0.25) is 0 Å². The summed E-state index contributed by atoms with van der Waals surface area (Å²) in [6, 6.07) is 3.36. The first-order valence-electron chi connectivity index (χ1n) is 4.06. The van der Waals surface area contributed by atoms with E-state index in [9.17, 15) is 4.79 Å². The minimum absolute atomic E-state index is 0.123. The van der Waals surface area contributed by atoms with Crippen molar-refractivity contribution in [2.45, 2.75) is 13.8 Å². The van der Waals surface area contributed by atoms with Crippen molar-refractivity contribution in [2.24, 2.45) is 0 Å². The average Bonchev–Trinajstić information content (AvgIpc) is 2.13. The van der Waals surface area contributed by atoms with Crippen molar-refractivity contribution in [3.63, 3.8) is 0 Å². The van der Waals surface area contributed by atoms with Crippen LogP contribution in [0.25, 0.3) is 5.57 Å². The summed E-state index contributed by atoms with van der Waals surface area (Å²) >= 11 is 0. The molecule has 1 aromatic heterocycles. The van der Waals surface area contributed by atoms with Gasteiger partial charge in [0.15, 0.2) is 0 Å². The largest absolute Gasteiger partial charge is 0.423 e. The van der Waals surface area contributed by atoms with Gasteiger partial charge in [0, 0.05) is 11.1 Å². The molecule has 0 radical (unpaired) electrons. The molecule has 0 spiro atoms. The smallest absolute Gasteiger partial charge is 0.339 e. The number of allylic oxidation sites excluding steroid dienone is 1. The Morgan fingerprint density at radius 1 is 1.62 bits per heavy atom.